The first-order valence-electron chi connectivity index (χ1n) is 7.03. The highest BCUT2D eigenvalue weighted by Crippen LogP contribution is 2.36. The van der Waals surface area contributed by atoms with Crippen LogP contribution in [0.1, 0.15) is 32.1 Å². The molecule has 2 atom stereocenters. The molecule has 2 aliphatic heterocycles. The number of nitrogens with two attached hydrogens (primary N) is 1. The summed E-state index contributed by atoms with van der Waals surface area (Å²) in [6.07, 6.45) is 6.86. The second kappa shape index (κ2) is 4.63. The quantitative estimate of drug-likeness (QED) is 0.771. The smallest absolute Gasteiger partial charge is 0.0112 e. The molecule has 0 aromatic heterocycles. The zero-order valence-electron chi connectivity index (χ0n) is 10.3. The van der Waals surface area contributed by atoms with E-state index in [0.29, 0.717) is 6.04 Å². The van der Waals surface area contributed by atoms with Crippen LogP contribution in [0, 0.1) is 5.92 Å². The van der Waals surface area contributed by atoms with Gasteiger partial charge >= 0.3 is 0 Å². The van der Waals surface area contributed by atoms with Crippen molar-refractivity contribution in [2.75, 3.05) is 32.7 Å². The monoisotopic (exact) mass is 223 g/mol. The van der Waals surface area contributed by atoms with Crippen molar-refractivity contribution in [3.05, 3.63) is 0 Å². The molecular formula is C13H25N3. The molecule has 3 aliphatic rings. The Morgan fingerprint density at radius 2 is 1.81 bits per heavy atom. The van der Waals surface area contributed by atoms with Crippen molar-refractivity contribution >= 4 is 0 Å². The van der Waals surface area contributed by atoms with E-state index in [1.165, 1.54) is 64.8 Å². The fourth-order valence-electron chi connectivity index (χ4n) is 3.75. The molecule has 0 aromatic rings. The van der Waals surface area contributed by atoms with Gasteiger partial charge in [0.2, 0.25) is 0 Å². The summed E-state index contributed by atoms with van der Waals surface area (Å²) in [5.74, 6) is 1.04. The minimum atomic E-state index is 0.471. The van der Waals surface area contributed by atoms with Gasteiger partial charge in [0.15, 0.2) is 0 Å². The van der Waals surface area contributed by atoms with Gasteiger partial charge < -0.3 is 10.6 Å². The van der Waals surface area contributed by atoms with Gasteiger partial charge in [-0.25, -0.2) is 0 Å². The van der Waals surface area contributed by atoms with E-state index in [1.54, 1.807) is 0 Å². The van der Waals surface area contributed by atoms with Gasteiger partial charge in [0, 0.05) is 31.7 Å². The van der Waals surface area contributed by atoms with Crippen LogP contribution in [0.2, 0.25) is 0 Å². The van der Waals surface area contributed by atoms with Gasteiger partial charge in [-0.05, 0) is 51.1 Å². The first kappa shape index (κ1) is 11.0. The van der Waals surface area contributed by atoms with Crippen LogP contribution in [0.15, 0.2) is 0 Å². The Balaban J connectivity index is 1.40. The normalized spacial score (nSPS) is 37.3. The number of nitrogens with zero attached hydrogens (tertiary/aromatic N) is 2. The Kier molecular flexibility index (Phi) is 3.18. The number of fused-ring (bicyclic) bond motifs is 2. The lowest BCUT2D eigenvalue weighted by Crippen LogP contribution is -2.44. The van der Waals surface area contributed by atoms with Crippen molar-refractivity contribution < 1.29 is 0 Å². The summed E-state index contributed by atoms with van der Waals surface area (Å²) in [4.78, 5) is 5.35. The maximum Gasteiger partial charge on any atom is 0.0112 e. The van der Waals surface area contributed by atoms with Crippen molar-refractivity contribution in [1.82, 2.24) is 9.80 Å². The summed E-state index contributed by atoms with van der Waals surface area (Å²) in [5, 5.41) is 0. The molecule has 92 valence electrons. The SMILES string of the molecule is NC1CCN(CCN2CC3CCC2C3)CC1. The second-order valence-corrected chi connectivity index (χ2v) is 6.01. The maximum absolute atomic E-state index is 5.93. The molecule has 1 aliphatic carbocycles. The lowest BCUT2D eigenvalue weighted by atomic mass is 10.1. The molecule has 2 saturated heterocycles. The number of hydrogen-bond donors (Lipinski definition) is 1. The van der Waals surface area contributed by atoms with Gasteiger partial charge in [-0.2, -0.15) is 0 Å². The number of rotatable bonds is 3. The van der Waals surface area contributed by atoms with Crippen molar-refractivity contribution in [3.8, 4) is 0 Å². The van der Waals surface area contributed by atoms with Crippen LogP contribution >= 0.6 is 0 Å². The molecule has 1 saturated carbocycles. The summed E-state index contributed by atoms with van der Waals surface area (Å²) in [6, 6.07) is 1.41. The molecule has 0 amide bonds. The van der Waals surface area contributed by atoms with Crippen LogP contribution in [0.25, 0.3) is 0 Å². The van der Waals surface area contributed by atoms with Gasteiger partial charge in [-0.1, -0.05) is 0 Å². The summed E-state index contributed by atoms with van der Waals surface area (Å²) in [7, 11) is 0. The predicted octanol–water partition coefficient (Wildman–Crippen LogP) is 0.894. The Morgan fingerprint density at radius 3 is 2.44 bits per heavy atom. The van der Waals surface area contributed by atoms with Crippen LogP contribution in [-0.4, -0.2) is 54.6 Å². The van der Waals surface area contributed by atoms with E-state index in [2.05, 4.69) is 9.80 Å². The molecule has 2 unspecified atom stereocenters. The molecule has 3 rings (SSSR count). The van der Waals surface area contributed by atoms with E-state index in [0.717, 1.165) is 12.0 Å². The largest absolute Gasteiger partial charge is 0.328 e. The third kappa shape index (κ3) is 2.27. The molecule has 3 fully saturated rings. The fourth-order valence-corrected chi connectivity index (χ4v) is 3.75. The Morgan fingerprint density at radius 1 is 1.00 bits per heavy atom. The average Bonchev–Trinajstić information content (AvgIpc) is 2.90. The van der Waals surface area contributed by atoms with E-state index < -0.39 is 0 Å². The van der Waals surface area contributed by atoms with Gasteiger partial charge in [-0.15, -0.1) is 0 Å². The van der Waals surface area contributed by atoms with Crippen molar-refractivity contribution in [2.24, 2.45) is 11.7 Å². The van der Waals surface area contributed by atoms with Gasteiger partial charge in [0.1, 0.15) is 0 Å². The van der Waals surface area contributed by atoms with Gasteiger partial charge in [-0.3, -0.25) is 4.90 Å². The van der Waals surface area contributed by atoms with Gasteiger partial charge in [0.05, 0.1) is 0 Å². The fraction of sp³-hybridized carbons (Fsp3) is 1.00. The summed E-state index contributed by atoms with van der Waals surface area (Å²) in [5.41, 5.74) is 5.93. The molecule has 0 aromatic carbocycles. The number of likely N-dealkylation sites (tertiary alicyclic amines) is 2. The second-order valence-electron chi connectivity index (χ2n) is 6.01. The van der Waals surface area contributed by atoms with Crippen LogP contribution in [0.5, 0.6) is 0 Å². The summed E-state index contributed by atoms with van der Waals surface area (Å²) >= 11 is 0. The molecule has 2 bridgehead atoms. The molecule has 2 heterocycles. The van der Waals surface area contributed by atoms with E-state index >= 15 is 0 Å². The first-order chi connectivity index (χ1) is 7.81. The summed E-state index contributed by atoms with van der Waals surface area (Å²) < 4.78 is 0. The Bertz CT molecular complexity index is 235. The minimum absolute atomic E-state index is 0.471. The molecule has 3 nitrogen and oxygen atoms in total. The highest BCUT2D eigenvalue weighted by Gasteiger charge is 2.37. The molecule has 16 heavy (non-hydrogen) atoms. The van der Waals surface area contributed by atoms with Crippen molar-refractivity contribution in [1.29, 1.82) is 0 Å². The zero-order chi connectivity index (χ0) is 11.0. The third-order valence-corrected chi connectivity index (χ3v) is 4.86. The molecule has 3 heteroatoms. The molecule has 0 radical (unpaired) electrons. The maximum atomic E-state index is 5.93. The lowest BCUT2D eigenvalue weighted by molar-refractivity contribution is 0.152. The average molecular weight is 223 g/mol. The molecule has 2 N–H and O–H groups in total. The van der Waals surface area contributed by atoms with Crippen LogP contribution in [0.4, 0.5) is 0 Å². The zero-order valence-corrected chi connectivity index (χ0v) is 10.3. The topological polar surface area (TPSA) is 32.5 Å². The highest BCUT2D eigenvalue weighted by molar-refractivity contribution is 4.92. The van der Waals surface area contributed by atoms with Crippen LogP contribution in [0.3, 0.4) is 0 Å². The van der Waals surface area contributed by atoms with Crippen molar-refractivity contribution in [3.63, 3.8) is 0 Å². The first-order valence-corrected chi connectivity index (χ1v) is 7.03. The van der Waals surface area contributed by atoms with Gasteiger partial charge in [0.25, 0.3) is 0 Å². The predicted molar refractivity (Wildman–Crippen MR) is 66.4 cm³/mol. The molecular weight excluding hydrogens is 198 g/mol. The van der Waals surface area contributed by atoms with E-state index in [-0.39, 0.29) is 0 Å². The minimum Gasteiger partial charge on any atom is -0.328 e. The van der Waals surface area contributed by atoms with Crippen LogP contribution < -0.4 is 5.73 Å². The lowest BCUT2D eigenvalue weighted by Gasteiger charge is -2.33. The number of hydrogen-bond acceptors (Lipinski definition) is 3. The third-order valence-electron chi connectivity index (χ3n) is 4.86. The van der Waals surface area contributed by atoms with E-state index in [4.69, 9.17) is 5.73 Å². The molecule has 0 spiro atoms. The van der Waals surface area contributed by atoms with Crippen molar-refractivity contribution in [2.45, 2.75) is 44.2 Å². The van der Waals surface area contributed by atoms with Crippen LogP contribution in [-0.2, 0) is 0 Å². The Labute approximate surface area is 99.0 Å². The standard InChI is InChI=1S/C13H25N3/c14-12-3-5-15(6-4-12)7-8-16-10-11-1-2-13(16)9-11/h11-13H,1-10,14H2. The highest BCUT2D eigenvalue weighted by atomic mass is 15.2. The summed E-state index contributed by atoms with van der Waals surface area (Å²) in [6.45, 7) is 6.41. The number of piperidine rings is 2. The van der Waals surface area contributed by atoms with E-state index in [1.807, 2.05) is 0 Å². The Hall–Kier alpha value is -0.120. The van der Waals surface area contributed by atoms with E-state index in [9.17, 15) is 0 Å².